The Kier molecular flexibility index (Phi) is 5.23. The minimum Gasteiger partial charge on any atom is -0.491 e. The smallest absolute Gasteiger partial charge is 0.119 e. The van der Waals surface area contributed by atoms with Crippen LogP contribution in [0.5, 0.6) is 5.75 Å². The minimum atomic E-state index is 0.230. The van der Waals surface area contributed by atoms with Crippen LogP contribution in [0.3, 0.4) is 0 Å². The first-order valence-corrected chi connectivity index (χ1v) is 7.35. The Morgan fingerprint density at radius 1 is 1.26 bits per heavy atom. The molecule has 0 aliphatic carbocycles. The molecule has 2 rings (SSSR count). The molecule has 0 radical (unpaired) electrons. The van der Waals surface area contributed by atoms with Crippen molar-refractivity contribution < 1.29 is 4.74 Å². The third-order valence-electron chi connectivity index (χ3n) is 3.73. The molecule has 0 spiro atoms. The zero-order valence-electron chi connectivity index (χ0n) is 12.3. The highest BCUT2D eigenvalue weighted by Gasteiger charge is 2.23. The number of piperidine rings is 1. The number of ether oxygens (including phenoxy) is 1. The molecule has 2 unspecified atom stereocenters. The van der Waals surface area contributed by atoms with Gasteiger partial charge in [-0.2, -0.15) is 0 Å². The average Bonchev–Trinajstić information content (AvgIpc) is 2.42. The average molecular weight is 262 g/mol. The van der Waals surface area contributed by atoms with E-state index in [1.807, 2.05) is 0 Å². The predicted octanol–water partition coefficient (Wildman–Crippen LogP) is 2.73. The number of hydrogen-bond acceptors (Lipinski definition) is 3. The molecule has 0 aromatic heterocycles. The lowest BCUT2D eigenvalue weighted by molar-refractivity contribution is 0.242. The normalized spacial score (nSPS) is 21.4. The summed E-state index contributed by atoms with van der Waals surface area (Å²) < 4.78 is 5.70. The van der Waals surface area contributed by atoms with Gasteiger partial charge in [0.25, 0.3) is 0 Å². The van der Waals surface area contributed by atoms with Crippen LogP contribution < -0.4 is 15.4 Å². The molecule has 0 saturated carbocycles. The maximum absolute atomic E-state index is 5.70. The van der Waals surface area contributed by atoms with Gasteiger partial charge in [-0.05, 0) is 70.4 Å². The van der Waals surface area contributed by atoms with Crippen LogP contribution in [0.4, 0.5) is 0 Å². The molecule has 1 aliphatic heterocycles. The molecule has 3 heteroatoms. The van der Waals surface area contributed by atoms with E-state index in [0.29, 0.717) is 12.0 Å². The monoisotopic (exact) mass is 262 g/mol. The fourth-order valence-electron chi connectivity index (χ4n) is 2.86. The summed E-state index contributed by atoms with van der Waals surface area (Å²) in [6, 6.07) is 8.97. The van der Waals surface area contributed by atoms with Gasteiger partial charge in [-0.3, -0.25) is 0 Å². The second kappa shape index (κ2) is 6.92. The van der Waals surface area contributed by atoms with Crippen LogP contribution >= 0.6 is 0 Å². The van der Waals surface area contributed by atoms with E-state index in [-0.39, 0.29) is 6.10 Å². The van der Waals surface area contributed by atoms with E-state index in [4.69, 9.17) is 4.74 Å². The SMILES string of the molecule is CNC(c1ccc(OC(C)C)cc1)C1CCCNC1. The van der Waals surface area contributed by atoms with Gasteiger partial charge >= 0.3 is 0 Å². The molecular weight excluding hydrogens is 236 g/mol. The lowest BCUT2D eigenvalue weighted by Crippen LogP contribution is -2.37. The highest BCUT2D eigenvalue weighted by Crippen LogP contribution is 2.28. The largest absolute Gasteiger partial charge is 0.491 e. The van der Waals surface area contributed by atoms with Crippen LogP contribution in [0.15, 0.2) is 24.3 Å². The first kappa shape index (κ1) is 14.4. The van der Waals surface area contributed by atoms with E-state index < -0.39 is 0 Å². The standard InChI is InChI=1S/C16H26N2O/c1-12(2)19-15-8-6-13(7-9-15)16(17-3)14-5-4-10-18-11-14/h6-9,12,14,16-18H,4-5,10-11H2,1-3H3. The van der Waals surface area contributed by atoms with Crippen LogP contribution in [-0.4, -0.2) is 26.2 Å². The van der Waals surface area contributed by atoms with Crippen LogP contribution in [0.1, 0.15) is 38.3 Å². The maximum Gasteiger partial charge on any atom is 0.119 e. The minimum absolute atomic E-state index is 0.230. The van der Waals surface area contributed by atoms with E-state index in [1.54, 1.807) is 0 Å². The van der Waals surface area contributed by atoms with Crippen LogP contribution in [0.25, 0.3) is 0 Å². The highest BCUT2D eigenvalue weighted by atomic mass is 16.5. The lowest BCUT2D eigenvalue weighted by atomic mass is 9.87. The van der Waals surface area contributed by atoms with Crippen LogP contribution in [0, 0.1) is 5.92 Å². The Bertz CT molecular complexity index is 369. The molecule has 3 nitrogen and oxygen atoms in total. The molecule has 1 fully saturated rings. The highest BCUT2D eigenvalue weighted by molar-refractivity contribution is 5.29. The fraction of sp³-hybridized carbons (Fsp3) is 0.625. The van der Waals surface area contributed by atoms with Crippen LogP contribution in [0.2, 0.25) is 0 Å². The fourth-order valence-corrected chi connectivity index (χ4v) is 2.86. The molecule has 2 N–H and O–H groups in total. The van der Waals surface area contributed by atoms with Gasteiger partial charge in [0.05, 0.1) is 6.10 Å². The zero-order valence-corrected chi connectivity index (χ0v) is 12.3. The third-order valence-corrected chi connectivity index (χ3v) is 3.73. The van der Waals surface area contributed by atoms with Gasteiger partial charge in [0, 0.05) is 6.04 Å². The predicted molar refractivity (Wildman–Crippen MR) is 79.6 cm³/mol. The van der Waals surface area contributed by atoms with Gasteiger partial charge in [0.1, 0.15) is 5.75 Å². The van der Waals surface area contributed by atoms with Gasteiger partial charge in [-0.1, -0.05) is 12.1 Å². The van der Waals surface area contributed by atoms with E-state index in [1.165, 1.54) is 18.4 Å². The molecule has 106 valence electrons. The molecule has 1 saturated heterocycles. The van der Waals surface area contributed by atoms with Gasteiger partial charge in [0.15, 0.2) is 0 Å². The number of hydrogen-bond donors (Lipinski definition) is 2. The second-order valence-electron chi connectivity index (χ2n) is 5.61. The van der Waals surface area contributed by atoms with Crippen molar-refractivity contribution in [1.82, 2.24) is 10.6 Å². The topological polar surface area (TPSA) is 33.3 Å². The van der Waals surface area contributed by atoms with Crippen molar-refractivity contribution in [3.05, 3.63) is 29.8 Å². The van der Waals surface area contributed by atoms with E-state index in [0.717, 1.165) is 18.8 Å². The molecule has 1 aromatic rings. The van der Waals surface area contributed by atoms with Crippen molar-refractivity contribution in [2.45, 2.75) is 38.8 Å². The van der Waals surface area contributed by atoms with Crippen molar-refractivity contribution in [1.29, 1.82) is 0 Å². The second-order valence-corrected chi connectivity index (χ2v) is 5.61. The van der Waals surface area contributed by atoms with Gasteiger partial charge < -0.3 is 15.4 Å². The summed E-state index contributed by atoms with van der Waals surface area (Å²) >= 11 is 0. The van der Waals surface area contributed by atoms with E-state index in [9.17, 15) is 0 Å². The Morgan fingerprint density at radius 2 is 2.00 bits per heavy atom. The van der Waals surface area contributed by atoms with E-state index in [2.05, 4.69) is 55.8 Å². The van der Waals surface area contributed by atoms with E-state index >= 15 is 0 Å². The van der Waals surface area contributed by atoms with Gasteiger partial charge in [0.2, 0.25) is 0 Å². The third kappa shape index (κ3) is 3.95. The molecule has 1 heterocycles. The van der Waals surface area contributed by atoms with Crippen molar-refractivity contribution in [3.8, 4) is 5.75 Å². The maximum atomic E-state index is 5.70. The van der Waals surface area contributed by atoms with Crippen molar-refractivity contribution in [2.24, 2.45) is 5.92 Å². The molecule has 0 bridgehead atoms. The first-order chi connectivity index (χ1) is 9.20. The van der Waals surface area contributed by atoms with Crippen molar-refractivity contribution >= 4 is 0 Å². The van der Waals surface area contributed by atoms with Crippen molar-refractivity contribution in [2.75, 3.05) is 20.1 Å². The quantitative estimate of drug-likeness (QED) is 0.856. The number of benzene rings is 1. The first-order valence-electron chi connectivity index (χ1n) is 7.35. The molecular formula is C16H26N2O. The Morgan fingerprint density at radius 3 is 2.53 bits per heavy atom. The summed E-state index contributed by atoms with van der Waals surface area (Å²) in [6.45, 7) is 6.37. The van der Waals surface area contributed by atoms with Crippen molar-refractivity contribution in [3.63, 3.8) is 0 Å². The number of rotatable bonds is 5. The Labute approximate surface area is 116 Å². The molecule has 1 aliphatic rings. The molecule has 2 atom stereocenters. The summed E-state index contributed by atoms with van der Waals surface area (Å²) in [7, 11) is 2.05. The summed E-state index contributed by atoms with van der Waals surface area (Å²) in [5.41, 5.74) is 1.35. The Balaban J connectivity index is 2.05. The van der Waals surface area contributed by atoms with Gasteiger partial charge in [-0.15, -0.1) is 0 Å². The summed E-state index contributed by atoms with van der Waals surface area (Å²) in [4.78, 5) is 0. The molecule has 0 amide bonds. The lowest BCUT2D eigenvalue weighted by Gasteiger charge is -2.31. The summed E-state index contributed by atoms with van der Waals surface area (Å²) in [5.74, 6) is 1.63. The molecule has 19 heavy (non-hydrogen) atoms. The molecule has 1 aromatic carbocycles. The van der Waals surface area contributed by atoms with Gasteiger partial charge in [-0.25, -0.2) is 0 Å². The zero-order chi connectivity index (χ0) is 13.7. The summed E-state index contributed by atoms with van der Waals surface area (Å²) in [6.07, 6.45) is 2.80. The summed E-state index contributed by atoms with van der Waals surface area (Å²) in [5, 5.41) is 6.96. The number of nitrogens with one attached hydrogen (secondary N) is 2. The Hall–Kier alpha value is -1.06. The van der Waals surface area contributed by atoms with Crippen LogP contribution in [-0.2, 0) is 0 Å².